The van der Waals surface area contributed by atoms with E-state index in [2.05, 4.69) is 0 Å². The van der Waals surface area contributed by atoms with Crippen LogP contribution in [0, 0.1) is 0 Å². The van der Waals surface area contributed by atoms with E-state index in [-0.39, 0.29) is 13.0 Å². The zero-order valence-corrected chi connectivity index (χ0v) is 16.9. The Morgan fingerprint density at radius 2 is 1.77 bits per heavy atom. The summed E-state index contributed by atoms with van der Waals surface area (Å²) in [6.45, 7) is 0.140. The molecule has 0 radical (unpaired) electrons. The van der Waals surface area contributed by atoms with Crippen molar-refractivity contribution in [1.82, 2.24) is 4.90 Å². The van der Waals surface area contributed by atoms with E-state index in [1.54, 1.807) is 49.6 Å². The maximum atomic E-state index is 13.0. The number of carboxylic acids is 1. The van der Waals surface area contributed by atoms with E-state index in [1.807, 2.05) is 12.1 Å². The largest absolute Gasteiger partial charge is 0.497 e. The number of rotatable bonds is 8. The highest BCUT2D eigenvalue weighted by molar-refractivity contribution is 6.23. The summed E-state index contributed by atoms with van der Waals surface area (Å²) in [6.07, 6.45) is 1.88. The van der Waals surface area contributed by atoms with Crippen molar-refractivity contribution >= 4 is 29.4 Å². The molecule has 1 fully saturated rings. The van der Waals surface area contributed by atoms with Gasteiger partial charge in [-0.1, -0.05) is 30.3 Å². The molecule has 1 saturated heterocycles. The maximum absolute atomic E-state index is 13.0. The van der Waals surface area contributed by atoms with Crippen LogP contribution in [0.25, 0.3) is 0 Å². The lowest BCUT2D eigenvalue weighted by molar-refractivity contribution is -0.135. The predicted molar refractivity (Wildman–Crippen MR) is 113 cm³/mol. The van der Waals surface area contributed by atoms with Crippen molar-refractivity contribution < 1.29 is 29.0 Å². The van der Waals surface area contributed by atoms with E-state index in [1.165, 1.54) is 4.90 Å². The first-order valence-electron chi connectivity index (χ1n) is 9.67. The van der Waals surface area contributed by atoms with Crippen LogP contribution >= 0.6 is 0 Å². The minimum Gasteiger partial charge on any atom is -0.497 e. The molecule has 1 atom stereocenters. The smallest absolute Gasteiger partial charge is 0.328 e. The van der Waals surface area contributed by atoms with Gasteiger partial charge in [0.15, 0.2) is 0 Å². The first-order chi connectivity index (χ1) is 14.9. The Kier molecular flexibility index (Phi) is 6.81. The van der Waals surface area contributed by atoms with Crippen molar-refractivity contribution in [3.8, 4) is 5.75 Å². The lowest BCUT2D eigenvalue weighted by atomic mass is 10.1. The fourth-order valence-electron chi connectivity index (χ4n) is 3.41. The topological polar surface area (TPSA) is 104 Å². The van der Waals surface area contributed by atoms with Crippen LogP contribution < -0.4 is 9.64 Å². The second-order valence-corrected chi connectivity index (χ2v) is 6.92. The average molecular weight is 422 g/mol. The molecule has 0 saturated carbocycles. The van der Waals surface area contributed by atoms with Crippen LogP contribution in [0.1, 0.15) is 12.0 Å². The minimum atomic E-state index is -1.27. The molecule has 0 bridgehead atoms. The van der Waals surface area contributed by atoms with Gasteiger partial charge in [-0.3, -0.25) is 14.4 Å². The van der Waals surface area contributed by atoms with Crippen LogP contribution in [0.2, 0.25) is 0 Å². The van der Waals surface area contributed by atoms with E-state index >= 15 is 0 Å². The molecule has 1 aliphatic heterocycles. The fourth-order valence-corrected chi connectivity index (χ4v) is 3.41. The van der Waals surface area contributed by atoms with E-state index in [4.69, 9.17) is 9.84 Å². The number of benzene rings is 2. The van der Waals surface area contributed by atoms with Crippen LogP contribution in [-0.4, -0.2) is 53.4 Å². The lowest BCUT2D eigenvalue weighted by Crippen LogP contribution is -2.45. The Balaban J connectivity index is 1.83. The standard InChI is InChI=1S/C23H22N2O6/c1-31-18-9-7-16(8-10-18)13-14-24(20(26)11-12-22(28)29)19-15-21(27)25(23(19)30)17-5-3-2-4-6-17/h2-12,19H,13-15H2,1H3,(H,28,29)/b12-11-/t19-/m0/s1. The number of methoxy groups -OCH3 is 1. The summed E-state index contributed by atoms with van der Waals surface area (Å²) in [5, 5.41) is 8.85. The van der Waals surface area contributed by atoms with Gasteiger partial charge in [0, 0.05) is 18.7 Å². The number of aliphatic carboxylic acids is 1. The molecule has 8 nitrogen and oxygen atoms in total. The van der Waals surface area contributed by atoms with E-state index in [9.17, 15) is 19.2 Å². The molecule has 8 heteroatoms. The molecule has 160 valence electrons. The highest BCUT2D eigenvalue weighted by Crippen LogP contribution is 2.26. The van der Waals surface area contributed by atoms with Crippen molar-refractivity contribution in [1.29, 1.82) is 0 Å². The van der Waals surface area contributed by atoms with Gasteiger partial charge in [0.2, 0.25) is 11.8 Å². The number of ether oxygens (including phenoxy) is 1. The van der Waals surface area contributed by atoms with Gasteiger partial charge in [-0.2, -0.15) is 0 Å². The molecule has 0 spiro atoms. The van der Waals surface area contributed by atoms with Crippen LogP contribution in [0.15, 0.2) is 66.7 Å². The molecule has 1 N–H and O–H groups in total. The molecule has 2 aromatic carbocycles. The van der Waals surface area contributed by atoms with E-state index in [0.29, 0.717) is 17.9 Å². The fraction of sp³-hybridized carbons (Fsp3) is 0.217. The molecule has 0 aromatic heterocycles. The molecule has 3 amide bonds. The van der Waals surface area contributed by atoms with Crippen molar-refractivity contribution in [2.24, 2.45) is 0 Å². The normalized spacial score (nSPS) is 16.0. The Morgan fingerprint density at radius 1 is 1.10 bits per heavy atom. The molecule has 0 unspecified atom stereocenters. The quantitative estimate of drug-likeness (QED) is 0.516. The lowest BCUT2D eigenvalue weighted by Gasteiger charge is -2.26. The Hall–Kier alpha value is -3.94. The number of carboxylic acid groups (broad SMARTS) is 1. The Bertz CT molecular complexity index is 1000. The molecule has 1 aliphatic rings. The highest BCUT2D eigenvalue weighted by atomic mass is 16.5. The van der Waals surface area contributed by atoms with Crippen LogP contribution in [0.5, 0.6) is 5.75 Å². The molecule has 31 heavy (non-hydrogen) atoms. The summed E-state index contributed by atoms with van der Waals surface area (Å²) in [4.78, 5) is 51.5. The van der Waals surface area contributed by atoms with Gasteiger partial charge in [0.1, 0.15) is 11.8 Å². The molecule has 1 heterocycles. The third-order valence-corrected chi connectivity index (χ3v) is 4.97. The number of amides is 3. The number of hydrogen-bond donors (Lipinski definition) is 1. The predicted octanol–water partition coefficient (Wildman–Crippen LogP) is 2.04. The molecular formula is C23H22N2O6. The van der Waals surface area contributed by atoms with E-state index in [0.717, 1.165) is 22.6 Å². The first kappa shape index (κ1) is 21.8. The van der Waals surface area contributed by atoms with Crippen molar-refractivity contribution in [2.45, 2.75) is 18.9 Å². The van der Waals surface area contributed by atoms with Gasteiger partial charge in [-0.25, -0.2) is 9.69 Å². The first-order valence-corrected chi connectivity index (χ1v) is 9.67. The van der Waals surface area contributed by atoms with Crippen LogP contribution in [-0.2, 0) is 25.6 Å². The number of hydrogen-bond acceptors (Lipinski definition) is 5. The van der Waals surface area contributed by atoms with Crippen LogP contribution in [0.3, 0.4) is 0 Å². The molecular weight excluding hydrogens is 400 g/mol. The van der Waals surface area contributed by atoms with Crippen LogP contribution in [0.4, 0.5) is 5.69 Å². The average Bonchev–Trinajstić information content (AvgIpc) is 3.07. The van der Waals surface area contributed by atoms with Gasteiger partial charge >= 0.3 is 5.97 Å². The number of imide groups is 1. The Labute approximate surface area is 179 Å². The summed E-state index contributed by atoms with van der Waals surface area (Å²) >= 11 is 0. The highest BCUT2D eigenvalue weighted by Gasteiger charge is 2.43. The summed E-state index contributed by atoms with van der Waals surface area (Å²) in [6, 6.07) is 14.7. The number of nitrogens with zero attached hydrogens (tertiary/aromatic N) is 2. The third kappa shape index (κ3) is 5.16. The van der Waals surface area contributed by atoms with Gasteiger partial charge < -0.3 is 14.7 Å². The maximum Gasteiger partial charge on any atom is 0.328 e. The minimum absolute atomic E-state index is 0.140. The number of anilines is 1. The van der Waals surface area contributed by atoms with Gasteiger partial charge in [0.05, 0.1) is 19.2 Å². The zero-order chi connectivity index (χ0) is 22.4. The van der Waals surface area contributed by atoms with Gasteiger partial charge in [0.25, 0.3) is 5.91 Å². The summed E-state index contributed by atoms with van der Waals surface area (Å²) in [5.74, 6) is -2.15. The molecule has 3 rings (SSSR count). The second kappa shape index (κ2) is 9.71. The second-order valence-electron chi connectivity index (χ2n) is 6.92. The molecule has 2 aromatic rings. The van der Waals surface area contributed by atoms with E-state index < -0.39 is 29.7 Å². The summed E-state index contributed by atoms with van der Waals surface area (Å²) in [5.41, 5.74) is 1.33. The third-order valence-electron chi connectivity index (χ3n) is 4.97. The van der Waals surface area contributed by atoms with Crippen molar-refractivity contribution in [3.63, 3.8) is 0 Å². The number of para-hydroxylation sites is 1. The summed E-state index contributed by atoms with van der Waals surface area (Å²) < 4.78 is 5.13. The monoisotopic (exact) mass is 422 g/mol. The van der Waals surface area contributed by atoms with Gasteiger partial charge in [-0.05, 0) is 36.2 Å². The van der Waals surface area contributed by atoms with Crippen molar-refractivity contribution in [2.75, 3.05) is 18.6 Å². The Morgan fingerprint density at radius 3 is 2.39 bits per heavy atom. The summed E-state index contributed by atoms with van der Waals surface area (Å²) in [7, 11) is 1.56. The SMILES string of the molecule is COc1ccc(CCN(C(=O)/C=C\C(=O)O)[C@H]2CC(=O)N(c3ccccc3)C2=O)cc1. The zero-order valence-electron chi connectivity index (χ0n) is 16.9. The molecule has 0 aliphatic carbocycles. The number of carbonyl (C=O) groups is 4. The van der Waals surface area contributed by atoms with Gasteiger partial charge in [-0.15, -0.1) is 0 Å². The van der Waals surface area contributed by atoms with Crippen molar-refractivity contribution in [3.05, 3.63) is 72.3 Å². The number of carbonyl (C=O) groups excluding carboxylic acids is 3.